The number of rotatable bonds is 7. The largest absolute Gasteiger partial charge is 0.340 e. The lowest BCUT2D eigenvalue weighted by molar-refractivity contribution is 0.00285. The van der Waals surface area contributed by atoms with Crippen molar-refractivity contribution < 1.29 is 4.39 Å². The third kappa shape index (κ3) is 6.67. The zero-order chi connectivity index (χ0) is 21.8. The summed E-state index contributed by atoms with van der Waals surface area (Å²) in [5.74, 6) is 1.61. The summed E-state index contributed by atoms with van der Waals surface area (Å²) in [5, 5.41) is 7.82. The number of anilines is 2. The van der Waals surface area contributed by atoms with Gasteiger partial charge in [-0.15, -0.1) is 24.8 Å². The second-order valence-electron chi connectivity index (χ2n) is 8.00. The molecule has 182 valence electrons. The fourth-order valence-electron chi connectivity index (χ4n) is 4.18. The van der Waals surface area contributed by atoms with E-state index < -0.39 is 5.82 Å². The third-order valence-corrected chi connectivity index (χ3v) is 6.39. The number of aromatic nitrogens is 2. The molecule has 1 fully saturated rings. The Morgan fingerprint density at radius 2 is 1.88 bits per heavy atom. The monoisotopic (exact) mass is 517 g/mol. The lowest BCUT2D eigenvalue weighted by Gasteiger charge is -2.40. The number of fused-ring (bicyclic) bond motifs is 1. The zero-order valence-corrected chi connectivity index (χ0v) is 21.3. The second kappa shape index (κ2) is 12.7. The lowest BCUT2D eigenvalue weighted by Crippen LogP contribution is -2.48. The van der Waals surface area contributed by atoms with Crippen LogP contribution in [0.2, 0.25) is 5.02 Å². The zero-order valence-electron chi connectivity index (χ0n) is 18.9. The van der Waals surface area contributed by atoms with E-state index in [0.29, 0.717) is 23.9 Å². The summed E-state index contributed by atoms with van der Waals surface area (Å²) < 4.78 is 13.5. The molecule has 0 atom stereocenters. The Balaban J connectivity index is 0.00000193. The molecule has 0 amide bonds. The van der Waals surface area contributed by atoms with Crippen molar-refractivity contribution in [1.82, 2.24) is 24.9 Å². The van der Waals surface area contributed by atoms with E-state index in [2.05, 4.69) is 49.0 Å². The number of halogens is 4. The van der Waals surface area contributed by atoms with Crippen LogP contribution < -0.4 is 5.32 Å². The van der Waals surface area contributed by atoms with Crippen molar-refractivity contribution in [1.29, 1.82) is 0 Å². The molecule has 1 saturated heterocycles. The SMILES string of the molecule is CCN(CC)CC1CCN(N2C=Nc3ncnc(Nc4ccc(F)c(Cl)c4)c3C2)CC1.Cl.Cl. The fourth-order valence-corrected chi connectivity index (χ4v) is 4.36. The molecule has 0 unspecified atom stereocenters. The van der Waals surface area contributed by atoms with Crippen LogP contribution in [0.3, 0.4) is 0 Å². The van der Waals surface area contributed by atoms with Gasteiger partial charge in [-0.25, -0.2) is 24.4 Å². The molecule has 2 aliphatic heterocycles. The highest BCUT2D eigenvalue weighted by Gasteiger charge is 2.27. The summed E-state index contributed by atoms with van der Waals surface area (Å²) >= 11 is 5.92. The van der Waals surface area contributed by atoms with Gasteiger partial charge in [-0.2, -0.15) is 0 Å². The van der Waals surface area contributed by atoms with Gasteiger partial charge in [-0.1, -0.05) is 25.4 Å². The number of aliphatic imine (C=N–C) groups is 1. The normalized spacial score (nSPS) is 16.2. The number of hydrogen-bond acceptors (Lipinski definition) is 7. The predicted molar refractivity (Wildman–Crippen MR) is 137 cm³/mol. The summed E-state index contributed by atoms with van der Waals surface area (Å²) in [4.78, 5) is 15.8. The summed E-state index contributed by atoms with van der Waals surface area (Å²) in [6, 6.07) is 4.53. The molecular weight excluding hydrogens is 488 g/mol. The van der Waals surface area contributed by atoms with Gasteiger partial charge < -0.3 is 10.2 Å². The summed E-state index contributed by atoms with van der Waals surface area (Å²) in [6.45, 7) is 10.5. The molecule has 0 spiro atoms. The van der Waals surface area contributed by atoms with Crippen molar-refractivity contribution >= 4 is 60.1 Å². The molecule has 0 aliphatic carbocycles. The standard InChI is InChI=1S/C22H29ClFN7.2ClH/c1-3-29(4-2)12-16-7-9-30(10-8-16)31-13-18-21(27-15-31)25-14-26-22(18)28-17-5-6-20(24)19(23)11-17;;/h5-6,11,14-16H,3-4,7-10,12-13H2,1-2H3,(H,25,26,28);2*1H. The van der Waals surface area contributed by atoms with Gasteiger partial charge >= 0.3 is 0 Å². The summed E-state index contributed by atoms with van der Waals surface area (Å²) in [6.07, 6.45) is 5.70. The molecule has 3 heterocycles. The number of benzene rings is 1. The lowest BCUT2D eigenvalue weighted by atomic mass is 9.97. The molecule has 1 aromatic heterocycles. The van der Waals surface area contributed by atoms with Crippen molar-refractivity contribution in [2.75, 3.05) is 38.0 Å². The number of hydrogen-bond donors (Lipinski definition) is 1. The van der Waals surface area contributed by atoms with E-state index in [1.807, 2.05) is 6.34 Å². The van der Waals surface area contributed by atoms with E-state index in [9.17, 15) is 4.39 Å². The molecule has 1 N–H and O–H groups in total. The summed E-state index contributed by atoms with van der Waals surface area (Å²) in [7, 11) is 0. The highest BCUT2D eigenvalue weighted by Crippen LogP contribution is 2.31. The Labute approximate surface area is 212 Å². The van der Waals surface area contributed by atoms with Crippen molar-refractivity contribution in [3.8, 4) is 0 Å². The van der Waals surface area contributed by atoms with Crippen molar-refractivity contribution in [2.24, 2.45) is 10.9 Å². The maximum absolute atomic E-state index is 13.5. The molecule has 0 radical (unpaired) electrons. The molecule has 2 aromatic rings. The van der Waals surface area contributed by atoms with Gasteiger partial charge in [0.15, 0.2) is 5.82 Å². The van der Waals surface area contributed by atoms with Crippen LogP contribution in [0, 0.1) is 11.7 Å². The van der Waals surface area contributed by atoms with Gasteiger partial charge in [0.1, 0.15) is 24.3 Å². The highest BCUT2D eigenvalue weighted by atomic mass is 35.5. The van der Waals surface area contributed by atoms with Crippen LogP contribution in [-0.4, -0.2) is 63.9 Å². The molecule has 33 heavy (non-hydrogen) atoms. The van der Waals surface area contributed by atoms with Crippen LogP contribution in [0.25, 0.3) is 0 Å². The Morgan fingerprint density at radius 1 is 1.15 bits per heavy atom. The average molecular weight is 519 g/mol. The van der Waals surface area contributed by atoms with E-state index in [1.165, 1.54) is 31.8 Å². The Morgan fingerprint density at radius 3 is 2.55 bits per heavy atom. The highest BCUT2D eigenvalue weighted by molar-refractivity contribution is 6.31. The molecule has 0 saturated carbocycles. The van der Waals surface area contributed by atoms with Crippen LogP contribution in [0.1, 0.15) is 32.3 Å². The number of nitrogens with zero attached hydrogens (tertiary/aromatic N) is 6. The van der Waals surface area contributed by atoms with E-state index in [1.54, 1.807) is 12.1 Å². The summed E-state index contributed by atoms with van der Waals surface area (Å²) in [5.41, 5.74) is 1.58. The van der Waals surface area contributed by atoms with E-state index in [4.69, 9.17) is 11.6 Å². The van der Waals surface area contributed by atoms with Crippen LogP contribution in [0.4, 0.5) is 21.7 Å². The Bertz CT molecular complexity index is 934. The maximum Gasteiger partial charge on any atom is 0.164 e. The van der Waals surface area contributed by atoms with Gasteiger partial charge in [-0.05, 0) is 50.0 Å². The van der Waals surface area contributed by atoms with E-state index >= 15 is 0 Å². The molecule has 2 aliphatic rings. The van der Waals surface area contributed by atoms with Crippen LogP contribution in [0.5, 0.6) is 0 Å². The minimum Gasteiger partial charge on any atom is -0.340 e. The molecule has 7 nitrogen and oxygen atoms in total. The molecular formula is C22H31Cl3FN7. The first-order chi connectivity index (χ1) is 15.1. The average Bonchev–Trinajstić information content (AvgIpc) is 2.80. The van der Waals surface area contributed by atoms with Gasteiger partial charge in [-0.3, -0.25) is 5.01 Å². The quantitative estimate of drug-likeness (QED) is 0.537. The Hall–Kier alpha value is -1.71. The molecule has 4 rings (SSSR count). The van der Waals surface area contributed by atoms with Gasteiger partial charge in [0.05, 0.1) is 17.1 Å². The van der Waals surface area contributed by atoms with Crippen molar-refractivity contribution in [2.45, 2.75) is 33.2 Å². The smallest absolute Gasteiger partial charge is 0.164 e. The molecule has 1 aromatic carbocycles. The third-order valence-electron chi connectivity index (χ3n) is 6.10. The van der Waals surface area contributed by atoms with Crippen LogP contribution in [0.15, 0.2) is 29.5 Å². The van der Waals surface area contributed by atoms with Crippen molar-refractivity contribution in [3.05, 3.63) is 40.9 Å². The first-order valence-electron chi connectivity index (χ1n) is 10.9. The minimum atomic E-state index is -0.447. The van der Waals surface area contributed by atoms with E-state index in [0.717, 1.165) is 37.7 Å². The number of hydrazine groups is 1. The molecule has 11 heteroatoms. The predicted octanol–water partition coefficient (Wildman–Crippen LogP) is 5.30. The van der Waals surface area contributed by atoms with Gasteiger partial charge in [0, 0.05) is 25.3 Å². The number of nitrogens with one attached hydrogen (secondary N) is 1. The topological polar surface area (TPSA) is 59.9 Å². The Kier molecular flexibility index (Phi) is 10.6. The van der Waals surface area contributed by atoms with Gasteiger partial charge in [0.25, 0.3) is 0 Å². The van der Waals surface area contributed by atoms with E-state index in [-0.39, 0.29) is 29.8 Å². The minimum absolute atomic E-state index is 0. The van der Waals surface area contributed by atoms with Crippen LogP contribution >= 0.6 is 36.4 Å². The van der Waals surface area contributed by atoms with Crippen molar-refractivity contribution in [3.63, 3.8) is 0 Å². The second-order valence-corrected chi connectivity index (χ2v) is 8.41. The molecule has 0 bridgehead atoms. The maximum atomic E-state index is 13.5. The van der Waals surface area contributed by atoms with Gasteiger partial charge in [0.2, 0.25) is 0 Å². The first-order valence-corrected chi connectivity index (χ1v) is 11.3. The van der Waals surface area contributed by atoms with Crippen LogP contribution in [-0.2, 0) is 6.54 Å². The fraction of sp³-hybridized carbons (Fsp3) is 0.500. The first kappa shape index (κ1) is 27.5. The number of piperidine rings is 1.